The molecule has 0 aliphatic rings. The molecule has 144 valence electrons. The number of benzene rings is 2. The molecule has 9 heteroatoms. The van der Waals surface area contributed by atoms with Crippen LogP contribution in [0.1, 0.15) is 28.9 Å². The van der Waals surface area contributed by atoms with Crippen LogP contribution >= 0.6 is 11.6 Å². The Morgan fingerprint density at radius 3 is 2.19 bits per heavy atom. The summed E-state index contributed by atoms with van der Waals surface area (Å²) < 4.78 is 15.5. The Bertz CT molecular complexity index is 854. The highest BCUT2D eigenvalue weighted by Crippen LogP contribution is 2.46. The molecule has 0 saturated carbocycles. The predicted molar refractivity (Wildman–Crippen MR) is 100 cm³/mol. The van der Waals surface area contributed by atoms with Crippen molar-refractivity contribution in [3.05, 3.63) is 56.6 Å². The standard InChI is InChI=1S/C18H19ClN2O6/c1-10(11-5-7-12(19)8-6-11)20-18(22)13-9-14(25-2)16(26-3)17(27-4)15(13)21(23)24/h5-10H,1-4H3,(H,20,22). The number of nitro groups is 1. The lowest BCUT2D eigenvalue weighted by molar-refractivity contribution is -0.386. The zero-order valence-electron chi connectivity index (χ0n) is 15.2. The molecule has 0 spiro atoms. The summed E-state index contributed by atoms with van der Waals surface area (Å²) in [6.07, 6.45) is 0. The number of carbonyl (C=O) groups is 1. The quantitative estimate of drug-likeness (QED) is 0.566. The molecule has 2 rings (SSSR count). The van der Waals surface area contributed by atoms with Gasteiger partial charge in [0.15, 0.2) is 5.75 Å². The van der Waals surface area contributed by atoms with E-state index in [4.69, 9.17) is 25.8 Å². The fourth-order valence-electron chi connectivity index (χ4n) is 2.60. The molecule has 0 heterocycles. The molecule has 27 heavy (non-hydrogen) atoms. The number of nitrogens with zero attached hydrogens (tertiary/aromatic N) is 1. The Morgan fingerprint density at radius 2 is 1.70 bits per heavy atom. The number of ether oxygens (including phenoxy) is 3. The van der Waals surface area contributed by atoms with E-state index in [9.17, 15) is 14.9 Å². The number of hydrogen-bond donors (Lipinski definition) is 1. The third-order valence-corrected chi connectivity index (χ3v) is 4.20. The van der Waals surface area contributed by atoms with Crippen molar-refractivity contribution in [3.8, 4) is 17.2 Å². The smallest absolute Gasteiger partial charge is 0.327 e. The van der Waals surface area contributed by atoms with Crippen molar-refractivity contribution < 1.29 is 23.9 Å². The van der Waals surface area contributed by atoms with Crippen molar-refractivity contribution in [1.82, 2.24) is 5.32 Å². The molecular formula is C18H19ClN2O6. The molecule has 0 aromatic heterocycles. The van der Waals surface area contributed by atoms with E-state index < -0.39 is 22.6 Å². The maximum Gasteiger partial charge on any atom is 0.327 e. The van der Waals surface area contributed by atoms with Gasteiger partial charge in [0.05, 0.1) is 32.3 Å². The number of nitrogens with one attached hydrogen (secondary N) is 1. The number of methoxy groups -OCH3 is 3. The van der Waals surface area contributed by atoms with Gasteiger partial charge in [0.1, 0.15) is 5.56 Å². The minimum Gasteiger partial charge on any atom is -0.493 e. The molecule has 1 amide bonds. The lowest BCUT2D eigenvalue weighted by Gasteiger charge is -2.17. The topological polar surface area (TPSA) is 99.9 Å². The second-order valence-corrected chi connectivity index (χ2v) is 5.98. The van der Waals surface area contributed by atoms with E-state index in [0.29, 0.717) is 5.02 Å². The van der Waals surface area contributed by atoms with Gasteiger partial charge >= 0.3 is 5.69 Å². The lowest BCUT2D eigenvalue weighted by Crippen LogP contribution is -2.27. The normalized spacial score (nSPS) is 11.4. The van der Waals surface area contributed by atoms with Crippen molar-refractivity contribution in [2.45, 2.75) is 13.0 Å². The van der Waals surface area contributed by atoms with Gasteiger partial charge in [-0.2, -0.15) is 0 Å². The van der Waals surface area contributed by atoms with Crippen LogP contribution < -0.4 is 19.5 Å². The molecule has 1 atom stereocenters. The molecule has 1 N–H and O–H groups in total. The molecule has 8 nitrogen and oxygen atoms in total. The van der Waals surface area contributed by atoms with Gasteiger partial charge in [-0.05, 0) is 24.6 Å². The van der Waals surface area contributed by atoms with Crippen molar-refractivity contribution >= 4 is 23.2 Å². The molecule has 0 radical (unpaired) electrons. The average molecular weight is 395 g/mol. The summed E-state index contributed by atoms with van der Waals surface area (Å²) in [7, 11) is 3.94. The van der Waals surface area contributed by atoms with E-state index in [1.54, 1.807) is 31.2 Å². The molecule has 2 aromatic rings. The number of carbonyl (C=O) groups excluding carboxylic acids is 1. The molecule has 2 aromatic carbocycles. The van der Waals surface area contributed by atoms with E-state index in [2.05, 4.69) is 5.32 Å². The maximum atomic E-state index is 12.8. The van der Waals surface area contributed by atoms with Crippen molar-refractivity contribution in [2.75, 3.05) is 21.3 Å². The van der Waals surface area contributed by atoms with Gasteiger partial charge in [-0.25, -0.2) is 0 Å². The van der Waals surface area contributed by atoms with Gasteiger partial charge in [0, 0.05) is 11.1 Å². The summed E-state index contributed by atoms with van der Waals surface area (Å²) in [6, 6.07) is 7.76. The number of hydrogen-bond acceptors (Lipinski definition) is 6. The number of rotatable bonds is 7. The Hall–Kier alpha value is -3.00. The van der Waals surface area contributed by atoms with E-state index in [1.807, 2.05) is 0 Å². The molecule has 0 aliphatic heterocycles. The first-order valence-corrected chi connectivity index (χ1v) is 8.25. The van der Waals surface area contributed by atoms with Crippen LogP contribution in [0.3, 0.4) is 0 Å². The SMILES string of the molecule is COc1cc(C(=O)NC(C)c2ccc(Cl)cc2)c([N+](=O)[O-])c(OC)c1OC. The van der Waals surface area contributed by atoms with Crippen molar-refractivity contribution in [2.24, 2.45) is 0 Å². The van der Waals surface area contributed by atoms with Crippen LogP contribution in [0.2, 0.25) is 5.02 Å². The monoisotopic (exact) mass is 394 g/mol. The van der Waals surface area contributed by atoms with Crippen LogP contribution in [0.25, 0.3) is 0 Å². The van der Waals surface area contributed by atoms with Crippen LogP contribution in [0.15, 0.2) is 30.3 Å². The van der Waals surface area contributed by atoms with Crippen molar-refractivity contribution in [3.63, 3.8) is 0 Å². The van der Waals surface area contributed by atoms with E-state index in [0.717, 1.165) is 5.56 Å². The van der Waals surface area contributed by atoms with Gasteiger partial charge in [-0.3, -0.25) is 14.9 Å². The van der Waals surface area contributed by atoms with Crippen LogP contribution in [0.4, 0.5) is 5.69 Å². The first-order chi connectivity index (χ1) is 12.8. The average Bonchev–Trinajstić information content (AvgIpc) is 2.66. The molecule has 0 saturated heterocycles. The second-order valence-electron chi connectivity index (χ2n) is 5.55. The fraction of sp³-hybridized carbons (Fsp3) is 0.278. The van der Waals surface area contributed by atoms with Gasteiger partial charge in [0.25, 0.3) is 5.91 Å². The largest absolute Gasteiger partial charge is 0.493 e. The molecule has 0 fully saturated rings. The Kier molecular flexibility index (Phi) is 6.46. The van der Waals surface area contributed by atoms with Gasteiger partial charge in [-0.15, -0.1) is 0 Å². The third kappa shape index (κ3) is 4.22. The van der Waals surface area contributed by atoms with Crippen LogP contribution in [0, 0.1) is 10.1 Å². The predicted octanol–water partition coefficient (Wildman–Crippen LogP) is 3.77. The summed E-state index contributed by atoms with van der Waals surface area (Å²) in [6.45, 7) is 1.75. The van der Waals surface area contributed by atoms with Crippen LogP contribution in [-0.4, -0.2) is 32.2 Å². The van der Waals surface area contributed by atoms with Gasteiger partial charge in [0.2, 0.25) is 11.5 Å². The number of nitro benzene ring substituents is 1. The first-order valence-electron chi connectivity index (χ1n) is 7.87. The highest BCUT2D eigenvalue weighted by Gasteiger charge is 2.32. The summed E-state index contributed by atoms with van der Waals surface area (Å²) in [5, 5.41) is 14.9. The number of halogens is 1. The summed E-state index contributed by atoms with van der Waals surface area (Å²) >= 11 is 5.87. The van der Waals surface area contributed by atoms with Crippen molar-refractivity contribution in [1.29, 1.82) is 0 Å². The van der Waals surface area contributed by atoms with E-state index in [-0.39, 0.29) is 22.8 Å². The molecule has 1 unspecified atom stereocenters. The summed E-state index contributed by atoms with van der Waals surface area (Å²) in [4.78, 5) is 23.7. The highest BCUT2D eigenvalue weighted by molar-refractivity contribution is 6.30. The Balaban J connectivity index is 2.47. The zero-order chi connectivity index (χ0) is 20.1. The number of amides is 1. The molecule has 0 bridgehead atoms. The summed E-state index contributed by atoms with van der Waals surface area (Å²) in [5.74, 6) is -0.659. The fourth-order valence-corrected chi connectivity index (χ4v) is 2.73. The Labute approximate surface area is 161 Å². The van der Waals surface area contributed by atoms with Crippen LogP contribution in [0.5, 0.6) is 17.2 Å². The second kappa shape index (κ2) is 8.59. The molecule has 0 aliphatic carbocycles. The van der Waals surface area contributed by atoms with Crippen LogP contribution in [-0.2, 0) is 0 Å². The minimum absolute atomic E-state index is 0.0361. The Morgan fingerprint density at radius 1 is 1.11 bits per heavy atom. The minimum atomic E-state index is -0.692. The van der Waals surface area contributed by atoms with E-state index in [1.165, 1.54) is 27.4 Å². The first kappa shape index (κ1) is 20.3. The van der Waals surface area contributed by atoms with E-state index >= 15 is 0 Å². The van der Waals surface area contributed by atoms with Gasteiger partial charge in [-0.1, -0.05) is 23.7 Å². The van der Waals surface area contributed by atoms with Gasteiger partial charge < -0.3 is 19.5 Å². The highest BCUT2D eigenvalue weighted by atomic mass is 35.5. The molecular weight excluding hydrogens is 376 g/mol. The zero-order valence-corrected chi connectivity index (χ0v) is 16.0. The maximum absolute atomic E-state index is 12.8. The third-order valence-electron chi connectivity index (χ3n) is 3.95. The lowest BCUT2D eigenvalue weighted by atomic mass is 10.1. The summed E-state index contributed by atoms with van der Waals surface area (Å²) in [5.41, 5.74) is 0.0918.